The maximum absolute atomic E-state index is 13.9. The molecule has 1 saturated heterocycles. The van der Waals surface area contributed by atoms with Crippen LogP contribution >= 0.6 is 0 Å². The van der Waals surface area contributed by atoms with Gasteiger partial charge in [-0.2, -0.15) is 4.31 Å². The number of amides is 1. The van der Waals surface area contributed by atoms with E-state index in [1.807, 2.05) is 0 Å². The lowest BCUT2D eigenvalue weighted by molar-refractivity contribution is -0.126. The molecule has 1 fully saturated rings. The third-order valence-corrected chi connectivity index (χ3v) is 7.34. The molecule has 5 nitrogen and oxygen atoms in total. The first-order valence-corrected chi connectivity index (χ1v) is 11.1. The fraction of sp³-hybridized carbons (Fsp3) is 0.550. The molecule has 0 unspecified atom stereocenters. The van der Waals surface area contributed by atoms with Crippen molar-refractivity contribution in [3.8, 4) is 0 Å². The first-order valence-electron chi connectivity index (χ1n) is 9.69. The molecule has 0 spiro atoms. The highest BCUT2D eigenvalue weighted by Gasteiger charge is 2.33. The van der Waals surface area contributed by atoms with Crippen LogP contribution in [0, 0.1) is 11.7 Å². The molecule has 1 heterocycles. The number of piperidine rings is 1. The number of nitrogens with one attached hydrogen (secondary N) is 1. The molecule has 27 heavy (non-hydrogen) atoms. The van der Waals surface area contributed by atoms with Crippen LogP contribution in [0.5, 0.6) is 0 Å². The van der Waals surface area contributed by atoms with Gasteiger partial charge in [0.2, 0.25) is 15.9 Å². The van der Waals surface area contributed by atoms with E-state index in [1.165, 1.54) is 40.9 Å². The second kappa shape index (κ2) is 8.97. The molecule has 1 amide bonds. The predicted molar refractivity (Wildman–Crippen MR) is 102 cm³/mol. The van der Waals surface area contributed by atoms with Crippen LogP contribution in [0.3, 0.4) is 0 Å². The van der Waals surface area contributed by atoms with Crippen molar-refractivity contribution < 1.29 is 17.6 Å². The number of hydrogen-bond acceptors (Lipinski definition) is 3. The van der Waals surface area contributed by atoms with Crippen LogP contribution in [0.1, 0.15) is 44.9 Å². The molecule has 0 atom stereocenters. The van der Waals surface area contributed by atoms with Gasteiger partial charge in [0, 0.05) is 25.6 Å². The standard InChI is InChI=1S/C20H27FN2O3S/c21-18-8-4-5-9-19(18)27(25,26)23-14-11-17(12-15-23)20(24)22-13-10-16-6-2-1-3-7-16/h4-6,8-9,17H,1-3,7,10-15H2,(H,22,24). The normalized spacial score (nSPS) is 19.5. The number of halogens is 1. The Labute approximate surface area is 160 Å². The van der Waals surface area contributed by atoms with Crippen molar-refractivity contribution >= 4 is 15.9 Å². The number of sulfonamides is 1. The highest BCUT2D eigenvalue weighted by molar-refractivity contribution is 7.89. The van der Waals surface area contributed by atoms with E-state index in [0.717, 1.165) is 25.3 Å². The molecule has 1 N–H and O–H groups in total. The molecule has 1 aliphatic carbocycles. The molecule has 0 bridgehead atoms. The minimum atomic E-state index is -3.85. The minimum absolute atomic E-state index is 0.00523. The molecular weight excluding hydrogens is 367 g/mol. The number of allylic oxidation sites excluding steroid dienone is 1. The van der Waals surface area contributed by atoms with E-state index < -0.39 is 15.8 Å². The molecule has 0 radical (unpaired) electrons. The van der Waals surface area contributed by atoms with Crippen LogP contribution in [-0.4, -0.2) is 38.3 Å². The summed E-state index contributed by atoms with van der Waals surface area (Å²) >= 11 is 0. The summed E-state index contributed by atoms with van der Waals surface area (Å²) in [5, 5.41) is 2.99. The van der Waals surface area contributed by atoms with Crippen molar-refractivity contribution in [2.75, 3.05) is 19.6 Å². The summed E-state index contributed by atoms with van der Waals surface area (Å²) in [7, 11) is -3.85. The third-order valence-electron chi connectivity index (χ3n) is 5.41. The van der Waals surface area contributed by atoms with Gasteiger partial charge in [0.25, 0.3) is 0 Å². The van der Waals surface area contributed by atoms with E-state index >= 15 is 0 Å². The molecule has 1 aliphatic heterocycles. The highest BCUT2D eigenvalue weighted by Crippen LogP contribution is 2.25. The van der Waals surface area contributed by atoms with Crippen molar-refractivity contribution in [2.45, 2.75) is 49.8 Å². The van der Waals surface area contributed by atoms with Gasteiger partial charge < -0.3 is 5.32 Å². The third kappa shape index (κ3) is 4.96. The van der Waals surface area contributed by atoms with Crippen LogP contribution in [0.2, 0.25) is 0 Å². The second-order valence-corrected chi connectivity index (χ2v) is 9.16. The second-order valence-electron chi connectivity index (χ2n) is 7.26. The van der Waals surface area contributed by atoms with E-state index in [0.29, 0.717) is 19.4 Å². The van der Waals surface area contributed by atoms with Crippen molar-refractivity contribution in [3.05, 3.63) is 41.7 Å². The highest BCUT2D eigenvalue weighted by atomic mass is 32.2. The van der Waals surface area contributed by atoms with E-state index in [4.69, 9.17) is 0 Å². The van der Waals surface area contributed by atoms with Crippen molar-refractivity contribution in [1.29, 1.82) is 0 Å². The Morgan fingerprint density at radius 3 is 2.59 bits per heavy atom. The number of hydrogen-bond donors (Lipinski definition) is 1. The Balaban J connectivity index is 1.49. The van der Waals surface area contributed by atoms with Crippen molar-refractivity contribution in [1.82, 2.24) is 9.62 Å². The van der Waals surface area contributed by atoms with Crippen LogP contribution in [0.25, 0.3) is 0 Å². The minimum Gasteiger partial charge on any atom is -0.356 e. The van der Waals surface area contributed by atoms with Crippen molar-refractivity contribution in [3.63, 3.8) is 0 Å². The number of carbonyl (C=O) groups excluding carboxylic acids is 1. The molecule has 7 heteroatoms. The van der Waals surface area contributed by atoms with Gasteiger partial charge in [-0.25, -0.2) is 12.8 Å². The quantitative estimate of drug-likeness (QED) is 0.754. The Morgan fingerprint density at radius 1 is 1.19 bits per heavy atom. The lowest BCUT2D eigenvalue weighted by Crippen LogP contribution is -2.43. The zero-order chi connectivity index (χ0) is 19.3. The van der Waals surface area contributed by atoms with Gasteiger partial charge in [-0.1, -0.05) is 23.8 Å². The predicted octanol–water partition coefficient (Wildman–Crippen LogP) is 3.23. The smallest absolute Gasteiger partial charge is 0.245 e. The van der Waals surface area contributed by atoms with Crippen LogP contribution in [0.15, 0.2) is 40.8 Å². The van der Waals surface area contributed by atoms with Gasteiger partial charge in [0.15, 0.2) is 0 Å². The average Bonchev–Trinajstić information content (AvgIpc) is 2.69. The van der Waals surface area contributed by atoms with E-state index in [2.05, 4.69) is 11.4 Å². The number of rotatable bonds is 6. The molecule has 3 rings (SSSR count). The summed E-state index contributed by atoms with van der Waals surface area (Å²) in [6.45, 7) is 1.11. The summed E-state index contributed by atoms with van der Waals surface area (Å²) < 4.78 is 40.4. The van der Waals surface area contributed by atoms with Crippen LogP contribution in [0.4, 0.5) is 4.39 Å². The first-order chi connectivity index (χ1) is 13.0. The number of benzene rings is 1. The fourth-order valence-corrected chi connectivity index (χ4v) is 5.31. The zero-order valence-corrected chi connectivity index (χ0v) is 16.3. The Bertz CT molecular complexity index is 799. The van der Waals surface area contributed by atoms with Gasteiger partial charge in [-0.15, -0.1) is 0 Å². The molecule has 2 aliphatic rings. The Kier molecular flexibility index (Phi) is 6.65. The molecular formula is C20H27FN2O3S. The van der Waals surface area contributed by atoms with E-state index in [-0.39, 0.29) is 29.8 Å². The van der Waals surface area contributed by atoms with Gasteiger partial charge in [0.05, 0.1) is 0 Å². The van der Waals surface area contributed by atoms with Gasteiger partial charge in [-0.05, 0) is 57.1 Å². The Hall–Kier alpha value is -1.73. The summed E-state index contributed by atoms with van der Waals surface area (Å²) in [4.78, 5) is 12.1. The van der Waals surface area contributed by atoms with Gasteiger partial charge >= 0.3 is 0 Å². The molecule has 1 aromatic carbocycles. The maximum Gasteiger partial charge on any atom is 0.245 e. The number of nitrogens with zero attached hydrogens (tertiary/aromatic N) is 1. The molecule has 1 aromatic rings. The summed E-state index contributed by atoms with van der Waals surface area (Å²) in [5.41, 5.74) is 1.42. The largest absolute Gasteiger partial charge is 0.356 e. The van der Waals surface area contributed by atoms with Gasteiger partial charge in [0.1, 0.15) is 10.7 Å². The van der Waals surface area contributed by atoms with Crippen LogP contribution < -0.4 is 5.32 Å². The summed E-state index contributed by atoms with van der Waals surface area (Å²) in [6.07, 6.45) is 8.84. The first kappa shape index (κ1) is 20.0. The SMILES string of the molecule is O=C(NCCC1=CCCCC1)C1CCN(S(=O)(=O)c2ccccc2F)CC1. The van der Waals surface area contributed by atoms with E-state index in [9.17, 15) is 17.6 Å². The maximum atomic E-state index is 13.9. The topological polar surface area (TPSA) is 66.5 Å². The van der Waals surface area contributed by atoms with Gasteiger partial charge in [-0.3, -0.25) is 4.79 Å². The monoisotopic (exact) mass is 394 g/mol. The fourth-order valence-electron chi connectivity index (χ4n) is 3.77. The van der Waals surface area contributed by atoms with E-state index in [1.54, 1.807) is 0 Å². The lowest BCUT2D eigenvalue weighted by atomic mass is 9.96. The summed E-state index contributed by atoms with van der Waals surface area (Å²) in [5.74, 6) is -0.930. The number of carbonyl (C=O) groups is 1. The summed E-state index contributed by atoms with van der Waals surface area (Å²) in [6, 6.07) is 5.41. The molecule has 148 valence electrons. The van der Waals surface area contributed by atoms with Crippen LogP contribution in [-0.2, 0) is 14.8 Å². The molecule has 0 aromatic heterocycles. The zero-order valence-electron chi connectivity index (χ0n) is 15.5. The average molecular weight is 395 g/mol. The molecule has 0 saturated carbocycles. The lowest BCUT2D eigenvalue weighted by Gasteiger charge is -2.30. The van der Waals surface area contributed by atoms with Crippen molar-refractivity contribution in [2.24, 2.45) is 5.92 Å². The Morgan fingerprint density at radius 2 is 1.93 bits per heavy atom.